The van der Waals surface area contributed by atoms with Gasteiger partial charge in [0, 0.05) is 22.7 Å². The summed E-state index contributed by atoms with van der Waals surface area (Å²) in [6.45, 7) is 0.0493. The highest BCUT2D eigenvalue weighted by molar-refractivity contribution is 5.90. The molecule has 0 radical (unpaired) electrons. The molecule has 2 aromatic carbocycles. The number of carbonyl (C=O) groups is 1. The molecule has 0 bridgehead atoms. The Hall–Kier alpha value is -2.80. The van der Waals surface area contributed by atoms with Crippen molar-refractivity contribution >= 4 is 16.9 Å². The number of aromatic nitrogens is 1. The number of nitrogens with one attached hydrogen (secondary N) is 1. The molecule has 1 aromatic heterocycles. The number of esters is 1. The van der Waals surface area contributed by atoms with Crippen molar-refractivity contribution in [2.24, 2.45) is 0 Å². The fraction of sp³-hybridized carbons (Fsp3) is 0.348. The summed E-state index contributed by atoms with van der Waals surface area (Å²) in [6.07, 6.45) is -1.41. The Labute approximate surface area is 172 Å². The Kier molecular flexibility index (Phi) is 5.32. The number of aromatic amines is 1. The lowest BCUT2D eigenvalue weighted by atomic mass is 9.90. The van der Waals surface area contributed by atoms with Gasteiger partial charge in [0.05, 0.1) is 16.6 Å². The van der Waals surface area contributed by atoms with Gasteiger partial charge in [-0.1, -0.05) is 18.2 Å². The third kappa shape index (κ3) is 3.94. The van der Waals surface area contributed by atoms with E-state index >= 15 is 0 Å². The van der Waals surface area contributed by atoms with Gasteiger partial charge in [-0.3, -0.25) is 0 Å². The number of rotatable bonds is 4. The Balaban J connectivity index is 1.51. The van der Waals surface area contributed by atoms with Gasteiger partial charge >= 0.3 is 12.1 Å². The second-order valence-corrected chi connectivity index (χ2v) is 7.93. The number of carbonyl (C=O) groups excluding carboxylic acids is 1. The van der Waals surface area contributed by atoms with Crippen LogP contribution in [0.25, 0.3) is 10.9 Å². The number of benzene rings is 2. The molecule has 1 N–H and O–H groups in total. The second-order valence-electron chi connectivity index (χ2n) is 7.93. The van der Waals surface area contributed by atoms with Crippen molar-refractivity contribution < 1.29 is 22.7 Å². The van der Waals surface area contributed by atoms with Gasteiger partial charge in [0.25, 0.3) is 0 Å². The monoisotopic (exact) mass is 416 g/mol. The van der Waals surface area contributed by atoms with Crippen LogP contribution < -0.4 is 0 Å². The molecule has 30 heavy (non-hydrogen) atoms. The van der Waals surface area contributed by atoms with E-state index in [0.717, 1.165) is 60.0 Å². The first kappa shape index (κ1) is 20.5. The molecule has 1 atom stereocenters. The number of hydrogen-bond acceptors (Lipinski definition) is 3. The van der Waals surface area contributed by atoms with E-state index in [-0.39, 0.29) is 12.2 Å². The molecule has 0 saturated carbocycles. The summed E-state index contributed by atoms with van der Waals surface area (Å²) in [5.41, 5.74) is 3.65. The summed E-state index contributed by atoms with van der Waals surface area (Å²) in [4.78, 5) is 18.1. The van der Waals surface area contributed by atoms with Crippen LogP contribution in [0.3, 0.4) is 0 Å². The lowest BCUT2D eigenvalue weighted by molar-refractivity contribution is -0.137. The van der Waals surface area contributed by atoms with E-state index in [0.29, 0.717) is 6.04 Å². The fourth-order valence-electron chi connectivity index (χ4n) is 4.07. The maximum atomic E-state index is 12.7. The average molecular weight is 416 g/mol. The van der Waals surface area contributed by atoms with Crippen LogP contribution >= 0.6 is 0 Å². The van der Waals surface area contributed by atoms with Gasteiger partial charge in [-0.05, 0) is 63.2 Å². The number of aryl methyl sites for hydroxylation is 1. The average Bonchev–Trinajstić information content (AvgIpc) is 3.10. The number of hydrogen-bond donors (Lipinski definition) is 1. The number of nitrogens with zero attached hydrogens (tertiary/aromatic N) is 1. The molecule has 0 aliphatic heterocycles. The Morgan fingerprint density at radius 2 is 1.90 bits per heavy atom. The van der Waals surface area contributed by atoms with E-state index in [2.05, 4.69) is 30.0 Å². The van der Waals surface area contributed by atoms with E-state index in [4.69, 9.17) is 4.74 Å². The lowest BCUT2D eigenvalue weighted by Crippen LogP contribution is -2.33. The first-order valence-corrected chi connectivity index (χ1v) is 9.86. The number of fused-ring (bicyclic) bond motifs is 3. The van der Waals surface area contributed by atoms with Crippen LogP contribution in [0.2, 0.25) is 0 Å². The van der Waals surface area contributed by atoms with E-state index in [1.165, 1.54) is 11.3 Å². The highest BCUT2D eigenvalue weighted by atomic mass is 19.4. The largest absolute Gasteiger partial charge is 0.457 e. The molecule has 4 nitrogen and oxygen atoms in total. The topological polar surface area (TPSA) is 45.3 Å². The molecule has 4 rings (SSSR count). The van der Waals surface area contributed by atoms with Crippen molar-refractivity contribution in [2.75, 3.05) is 14.1 Å². The number of para-hydroxylation sites is 1. The first-order valence-electron chi connectivity index (χ1n) is 9.86. The summed E-state index contributed by atoms with van der Waals surface area (Å²) < 4.78 is 43.4. The summed E-state index contributed by atoms with van der Waals surface area (Å²) >= 11 is 0. The van der Waals surface area contributed by atoms with Crippen molar-refractivity contribution in [3.8, 4) is 0 Å². The molecule has 0 spiro atoms. The van der Waals surface area contributed by atoms with Crippen LogP contribution in [0.5, 0.6) is 0 Å². The van der Waals surface area contributed by atoms with Gasteiger partial charge in [-0.2, -0.15) is 13.2 Å². The SMILES string of the molecule is CN(C)C1CCc2[nH]c3c(COC(=O)c4ccc(C(F)(F)F)cc4)cccc3c2C1. The zero-order valence-corrected chi connectivity index (χ0v) is 16.8. The van der Waals surface area contributed by atoms with Gasteiger partial charge < -0.3 is 14.6 Å². The van der Waals surface area contributed by atoms with Crippen LogP contribution in [0.15, 0.2) is 42.5 Å². The molecule has 0 amide bonds. The third-order valence-corrected chi connectivity index (χ3v) is 5.82. The molecule has 158 valence electrons. The quantitative estimate of drug-likeness (QED) is 0.612. The number of H-pyrrole nitrogens is 1. The number of likely N-dealkylation sites (N-methyl/N-ethyl adjacent to an activating group) is 1. The zero-order chi connectivity index (χ0) is 21.5. The standard InChI is InChI=1S/C23H23F3N2O2/c1-28(2)17-10-11-20-19(12-17)18-5-3-4-15(21(18)27-20)13-30-22(29)14-6-8-16(9-7-14)23(24,25)26/h3-9,17,27H,10-13H2,1-2H3. The highest BCUT2D eigenvalue weighted by Crippen LogP contribution is 2.32. The molecule has 0 saturated heterocycles. The van der Waals surface area contributed by atoms with E-state index < -0.39 is 17.7 Å². The molecule has 1 aliphatic rings. The lowest BCUT2D eigenvalue weighted by Gasteiger charge is -2.28. The third-order valence-electron chi connectivity index (χ3n) is 5.82. The van der Waals surface area contributed by atoms with Gasteiger partial charge in [0.2, 0.25) is 0 Å². The number of ether oxygens (including phenoxy) is 1. The Morgan fingerprint density at radius 1 is 1.17 bits per heavy atom. The van der Waals surface area contributed by atoms with Crippen LogP contribution in [0.1, 0.15) is 39.2 Å². The maximum Gasteiger partial charge on any atom is 0.416 e. The van der Waals surface area contributed by atoms with Gasteiger partial charge in [-0.15, -0.1) is 0 Å². The summed E-state index contributed by atoms with van der Waals surface area (Å²) in [6, 6.07) is 10.5. The maximum absolute atomic E-state index is 12.7. The van der Waals surface area contributed by atoms with Crippen molar-refractivity contribution in [3.63, 3.8) is 0 Å². The van der Waals surface area contributed by atoms with Crippen molar-refractivity contribution in [3.05, 3.63) is 70.4 Å². The summed E-state index contributed by atoms with van der Waals surface area (Å²) in [5.74, 6) is -0.648. The molecular weight excluding hydrogens is 393 g/mol. The van der Waals surface area contributed by atoms with Crippen molar-refractivity contribution in [1.82, 2.24) is 9.88 Å². The van der Waals surface area contributed by atoms with Gasteiger partial charge in [-0.25, -0.2) is 4.79 Å². The molecular formula is C23H23F3N2O2. The van der Waals surface area contributed by atoms with Gasteiger partial charge in [0.15, 0.2) is 0 Å². The zero-order valence-electron chi connectivity index (χ0n) is 16.8. The van der Waals surface area contributed by atoms with E-state index in [1.807, 2.05) is 12.1 Å². The predicted molar refractivity (Wildman–Crippen MR) is 108 cm³/mol. The normalized spacial score (nSPS) is 16.7. The minimum Gasteiger partial charge on any atom is -0.457 e. The van der Waals surface area contributed by atoms with E-state index in [9.17, 15) is 18.0 Å². The smallest absolute Gasteiger partial charge is 0.416 e. The Morgan fingerprint density at radius 3 is 2.57 bits per heavy atom. The predicted octanol–water partition coefficient (Wildman–Crippen LogP) is 4.96. The molecule has 0 fully saturated rings. The second kappa shape index (κ2) is 7.80. The summed E-state index contributed by atoms with van der Waals surface area (Å²) in [7, 11) is 4.19. The molecule has 1 heterocycles. The van der Waals surface area contributed by atoms with Crippen LogP contribution in [0, 0.1) is 0 Å². The molecule has 1 unspecified atom stereocenters. The van der Waals surface area contributed by atoms with Crippen LogP contribution in [-0.4, -0.2) is 36.0 Å². The first-order chi connectivity index (χ1) is 14.2. The van der Waals surface area contributed by atoms with Crippen LogP contribution in [0.4, 0.5) is 13.2 Å². The number of halogens is 3. The van der Waals surface area contributed by atoms with Crippen LogP contribution in [-0.2, 0) is 30.4 Å². The fourth-order valence-corrected chi connectivity index (χ4v) is 4.07. The summed E-state index contributed by atoms with van der Waals surface area (Å²) in [5, 5.41) is 1.14. The minimum atomic E-state index is -4.43. The van der Waals surface area contributed by atoms with Crippen molar-refractivity contribution in [1.29, 1.82) is 0 Å². The molecule has 1 aliphatic carbocycles. The molecule has 7 heteroatoms. The van der Waals surface area contributed by atoms with Gasteiger partial charge in [0.1, 0.15) is 6.61 Å². The van der Waals surface area contributed by atoms with Crippen molar-refractivity contribution in [2.45, 2.75) is 38.1 Å². The Bertz CT molecular complexity index is 1070. The molecule has 3 aromatic rings. The highest BCUT2D eigenvalue weighted by Gasteiger charge is 2.30. The minimum absolute atomic E-state index is 0.0493. The van der Waals surface area contributed by atoms with E-state index in [1.54, 1.807) is 0 Å². The number of alkyl halides is 3.